The quantitative estimate of drug-likeness (QED) is 0.737. The predicted octanol–water partition coefficient (Wildman–Crippen LogP) is 2.38. The van der Waals surface area contributed by atoms with E-state index in [4.69, 9.17) is 4.74 Å². The molecule has 2 heterocycles. The minimum atomic E-state index is 0.852. The second-order valence-corrected chi connectivity index (χ2v) is 4.92. The molecule has 3 nitrogen and oxygen atoms in total. The number of rotatable bonds is 3. The van der Waals surface area contributed by atoms with Crippen LogP contribution in [-0.4, -0.2) is 37.4 Å². The summed E-state index contributed by atoms with van der Waals surface area (Å²) in [5.74, 6) is 0.852. The first-order valence-electron chi connectivity index (χ1n) is 5.56. The Labute approximate surface area is 99.3 Å². The highest BCUT2D eigenvalue weighted by Crippen LogP contribution is 2.20. The molecule has 0 aromatic rings. The summed E-state index contributed by atoms with van der Waals surface area (Å²) in [6, 6.07) is 0. The van der Waals surface area contributed by atoms with Crippen LogP contribution in [0.2, 0.25) is 0 Å². The summed E-state index contributed by atoms with van der Waals surface area (Å²) in [6.07, 6.45) is 7.76. The van der Waals surface area contributed by atoms with Crippen molar-refractivity contribution in [3.63, 3.8) is 0 Å². The summed E-state index contributed by atoms with van der Waals surface area (Å²) >= 11 is 3.40. The van der Waals surface area contributed by atoms with Gasteiger partial charge in [0.1, 0.15) is 4.61 Å². The Hall–Kier alpha value is -0.350. The molecule has 0 N–H and O–H groups in total. The van der Waals surface area contributed by atoms with Gasteiger partial charge in [-0.3, -0.25) is 4.99 Å². The summed E-state index contributed by atoms with van der Waals surface area (Å²) < 4.78 is 6.29. The van der Waals surface area contributed by atoms with Crippen molar-refractivity contribution in [2.45, 2.75) is 19.3 Å². The highest BCUT2D eigenvalue weighted by atomic mass is 79.9. The van der Waals surface area contributed by atoms with Gasteiger partial charge in [-0.15, -0.1) is 0 Å². The molecule has 1 fully saturated rings. The Kier molecular flexibility index (Phi) is 4.20. The number of hydrogen-bond acceptors (Lipinski definition) is 3. The average Bonchev–Trinajstić information content (AvgIpc) is 2.28. The van der Waals surface area contributed by atoms with E-state index in [9.17, 15) is 0 Å². The van der Waals surface area contributed by atoms with Crippen LogP contribution in [0.5, 0.6) is 0 Å². The van der Waals surface area contributed by atoms with Gasteiger partial charge in [0.15, 0.2) is 0 Å². The van der Waals surface area contributed by atoms with E-state index in [0.29, 0.717) is 0 Å². The predicted molar refractivity (Wildman–Crippen MR) is 65.2 cm³/mol. The number of halogens is 1. The molecular formula is C11H17BrN2O. The molecule has 84 valence electrons. The fraction of sp³-hybridized carbons (Fsp3) is 0.727. The molecule has 0 radical (unpaired) electrons. The SMILES string of the molecule is BrC1=CN(CCC2CCOCC2)CC=N1. The van der Waals surface area contributed by atoms with Crippen LogP contribution in [0.4, 0.5) is 0 Å². The van der Waals surface area contributed by atoms with Crippen molar-refractivity contribution in [2.24, 2.45) is 10.9 Å². The molecule has 0 aliphatic carbocycles. The van der Waals surface area contributed by atoms with Crippen LogP contribution in [0.15, 0.2) is 15.8 Å². The molecule has 1 saturated heterocycles. The van der Waals surface area contributed by atoms with Crippen LogP contribution >= 0.6 is 15.9 Å². The van der Waals surface area contributed by atoms with Gasteiger partial charge in [0.05, 0.1) is 6.54 Å². The van der Waals surface area contributed by atoms with Crippen molar-refractivity contribution in [3.05, 3.63) is 10.8 Å². The van der Waals surface area contributed by atoms with Gasteiger partial charge in [-0.05, 0) is 41.1 Å². The van der Waals surface area contributed by atoms with Gasteiger partial charge >= 0.3 is 0 Å². The Morgan fingerprint density at radius 2 is 2.27 bits per heavy atom. The molecule has 0 saturated carbocycles. The Balaban J connectivity index is 1.71. The normalized spacial score (nSPS) is 23.0. The Morgan fingerprint density at radius 3 is 3.00 bits per heavy atom. The zero-order chi connectivity index (χ0) is 10.5. The van der Waals surface area contributed by atoms with E-state index >= 15 is 0 Å². The lowest BCUT2D eigenvalue weighted by atomic mass is 9.96. The third-order valence-corrected chi connectivity index (χ3v) is 3.39. The second-order valence-electron chi connectivity index (χ2n) is 4.10. The number of aliphatic imine (C=N–C) groups is 1. The first kappa shape index (κ1) is 11.1. The topological polar surface area (TPSA) is 24.8 Å². The molecule has 2 aliphatic rings. The minimum absolute atomic E-state index is 0.852. The average molecular weight is 273 g/mol. The summed E-state index contributed by atoms with van der Waals surface area (Å²) in [5.41, 5.74) is 0. The van der Waals surface area contributed by atoms with Crippen LogP contribution in [-0.2, 0) is 4.74 Å². The summed E-state index contributed by atoms with van der Waals surface area (Å²) in [5, 5.41) is 0. The molecule has 15 heavy (non-hydrogen) atoms. The van der Waals surface area contributed by atoms with E-state index in [1.807, 2.05) is 6.21 Å². The molecule has 0 atom stereocenters. The van der Waals surface area contributed by atoms with Gasteiger partial charge in [0, 0.05) is 32.2 Å². The monoisotopic (exact) mass is 272 g/mol. The van der Waals surface area contributed by atoms with Crippen molar-refractivity contribution in [2.75, 3.05) is 26.3 Å². The summed E-state index contributed by atoms with van der Waals surface area (Å²) in [7, 11) is 0. The van der Waals surface area contributed by atoms with Crippen LogP contribution in [0.3, 0.4) is 0 Å². The molecule has 2 aliphatic heterocycles. The van der Waals surface area contributed by atoms with Gasteiger partial charge < -0.3 is 9.64 Å². The van der Waals surface area contributed by atoms with Crippen molar-refractivity contribution in [1.82, 2.24) is 4.90 Å². The molecule has 0 bridgehead atoms. The zero-order valence-electron chi connectivity index (χ0n) is 8.86. The second kappa shape index (κ2) is 5.66. The van der Waals surface area contributed by atoms with Crippen LogP contribution < -0.4 is 0 Å². The molecule has 2 rings (SSSR count). The Morgan fingerprint density at radius 1 is 1.47 bits per heavy atom. The largest absolute Gasteiger partial charge is 0.381 e. The lowest BCUT2D eigenvalue weighted by Gasteiger charge is -2.26. The van der Waals surface area contributed by atoms with Gasteiger partial charge in [-0.25, -0.2) is 0 Å². The summed E-state index contributed by atoms with van der Waals surface area (Å²) in [6.45, 7) is 3.97. The smallest absolute Gasteiger partial charge is 0.121 e. The van der Waals surface area contributed by atoms with Crippen molar-refractivity contribution in [3.8, 4) is 0 Å². The van der Waals surface area contributed by atoms with E-state index in [2.05, 4.69) is 32.0 Å². The Bertz CT molecular complexity index is 259. The van der Waals surface area contributed by atoms with Gasteiger partial charge in [-0.1, -0.05) is 0 Å². The molecule has 0 unspecified atom stereocenters. The van der Waals surface area contributed by atoms with Crippen molar-refractivity contribution >= 4 is 22.1 Å². The molecular weight excluding hydrogens is 256 g/mol. The summed E-state index contributed by atoms with van der Waals surface area (Å²) in [4.78, 5) is 6.48. The number of hydrogen-bond donors (Lipinski definition) is 0. The minimum Gasteiger partial charge on any atom is -0.381 e. The standard InChI is InChI=1S/C11H17BrN2O/c12-11-9-14(6-4-13-11)5-1-10-2-7-15-8-3-10/h4,9-10H,1-3,5-8H2. The van der Waals surface area contributed by atoms with Gasteiger partial charge in [-0.2, -0.15) is 0 Å². The third kappa shape index (κ3) is 3.61. The highest BCUT2D eigenvalue weighted by molar-refractivity contribution is 9.11. The van der Waals surface area contributed by atoms with E-state index in [-0.39, 0.29) is 0 Å². The lowest BCUT2D eigenvalue weighted by Crippen LogP contribution is -2.26. The van der Waals surface area contributed by atoms with Gasteiger partial charge in [0.2, 0.25) is 0 Å². The maximum Gasteiger partial charge on any atom is 0.121 e. The molecule has 0 amide bonds. The maximum atomic E-state index is 5.35. The highest BCUT2D eigenvalue weighted by Gasteiger charge is 2.14. The fourth-order valence-electron chi connectivity index (χ4n) is 2.01. The molecule has 0 aromatic heterocycles. The molecule has 4 heteroatoms. The third-order valence-electron chi connectivity index (χ3n) is 2.99. The lowest BCUT2D eigenvalue weighted by molar-refractivity contribution is 0.0620. The van der Waals surface area contributed by atoms with Crippen molar-refractivity contribution < 1.29 is 4.74 Å². The maximum absolute atomic E-state index is 5.35. The molecule has 0 spiro atoms. The fourth-order valence-corrected chi connectivity index (χ4v) is 2.44. The number of nitrogens with zero attached hydrogens (tertiary/aromatic N) is 2. The first-order chi connectivity index (χ1) is 7.34. The van der Waals surface area contributed by atoms with E-state index in [1.54, 1.807) is 0 Å². The van der Waals surface area contributed by atoms with Crippen LogP contribution in [0.1, 0.15) is 19.3 Å². The van der Waals surface area contributed by atoms with Crippen LogP contribution in [0.25, 0.3) is 0 Å². The van der Waals surface area contributed by atoms with E-state index < -0.39 is 0 Å². The van der Waals surface area contributed by atoms with Gasteiger partial charge in [0.25, 0.3) is 0 Å². The number of ether oxygens (including phenoxy) is 1. The molecule has 0 aromatic carbocycles. The van der Waals surface area contributed by atoms with Crippen molar-refractivity contribution in [1.29, 1.82) is 0 Å². The van der Waals surface area contributed by atoms with E-state index in [1.165, 1.54) is 19.3 Å². The van der Waals surface area contributed by atoms with Crippen LogP contribution in [0, 0.1) is 5.92 Å². The first-order valence-corrected chi connectivity index (χ1v) is 6.35. The van der Waals surface area contributed by atoms with E-state index in [0.717, 1.165) is 36.8 Å². The zero-order valence-corrected chi connectivity index (χ0v) is 10.4.